The molecule has 0 heterocycles. The second-order valence-corrected chi connectivity index (χ2v) is 7.96. The Morgan fingerprint density at radius 3 is 1.85 bits per heavy atom. The first kappa shape index (κ1) is 19.4. The van der Waals surface area contributed by atoms with Gasteiger partial charge in [0.1, 0.15) is 0 Å². The average molecular weight is 286 g/mol. The number of unbranched alkanes of at least 4 members (excludes halogenated alkanes) is 1. The van der Waals surface area contributed by atoms with Gasteiger partial charge in [0.15, 0.2) is 0 Å². The molecule has 0 amide bonds. The molecule has 0 atom stereocenters. The van der Waals surface area contributed by atoms with Gasteiger partial charge in [0.2, 0.25) is 0 Å². The number of carbonyl (C=O) groups is 1. The second-order valence-electron chi connectivity index (χ2n) is 7.96. The van der Waals surface area contributed by atoms with Gasteiger partial charge in [-0.3, -0.25) is 4.89 Å². The minimum absolute atomic E-state index is 0.0441. The summed E-state index contributed by atoms with van der Waals surface area (Å²) >= 11 is 0. The van der Waals surface area contributed by atoms with Crippen LogP contribution in [0.5, 0.6) is 0 Å². The Balaban J connectivity index is 4.47. The molecular weight excluding hydrogens is 252 g/mol. The molecule has 0 unspecified atom stereocenters. The molecule has 0 spiro atoms. The molecule has 3 heteroatoms. The molecule has 0 aliphatic heterocycles. The fourth-order valence-electron chi connectivity index (χ4n) is 2.58. The number of carbonyl (C=O) groups excluding carboxylic acids is 1. The Bertz CT molecular complexity index is 280. The van der Waals surface area contributed by atoms with Crippen LogP contribution < -0.4 is 0 Å². The Hall–Kier alpha value is -0.570. The highest BCUT2D eigenvalue weighted by Crippen LogP contribution is 2.54. The lowest BCUT2D eigenvalue weighted by Gasteiger charge is -2.51. The Morgan fingerprint density at radius 2 is 1.45 bits per heavy atom. The average Bonchev–Trinajstić information content (AvgIpc) is 2.28. The zero-order valence-electron chi connectivity index (χ0n) is 14.8. The van der Waals surface area contributed by atoms with E-state index in [0.717, 1.165) is 19.3 Å². The van der Waals surface area contributed by atoms with Crippen LogP contribution in [0.2, 0.25) is 0 Å². The maximum atomic E-state index is 11.8. The van der Waals surface area contributed by atoms with Gasteiger partial charge in [-0.25, -0.2) is 4.79 Å². The van der Waals surface area contributed by atoms with E-state index in [-0.39, 0.29) is 22.2 Å². The first-order valence-electron chi connectivity index (χ1n) is 7.78. The Kier molecular flexibility index (Phi) is 7.23. The lowest BCUT2D eigenvalue weighted by atomic mass is 9.53. The maximum absolute atomic E-state index is 11.8. The van der Waals surface area contributed by atoms with Gasteiger partial charge in [0, 0.05) is 6.42 Å². The van der Waals surface area contributed by atoms with E-state index in [1.54, 1.807) is 0 Å². The van der Waals surface area contributed by atoms with Gasteiger partial charge < -0.3 is 0 Å². The summed E-state index contributed by atoms with van der Waals surface area (Å²) in [6.07, 6.45) is 3.14. The number of hydrogen-bond donors (Lipinski definition) is 0. The molecular formula is C17H34O3. The van der Waals surface area contributed by atoms with Crippen LogP contribution in [-0.4, -0.2) is 12.6 Å². The van der Waals surface area contributed by atoms with Gasteiger partial charge in [0.25, 0.3) is 0 Å². The number of hydrogen-bond acceptors (Lipinski definition) is 3. The van der Waals surface area contributed by atoms with E-state index in [4.69, 9.17) is 9.78 Å². The standard InChI is InChI=1S/C17H34O3/c1-9-10-13-19-20-14(18)11-12-17(8,15(2,3)4)16(5,6)7/h9-13H2,1-8H3. The fraction of sp³-hybridized carbons (Fsp3) is 0.941. The third kappa shape index (κ3) is 5.43. The summed E-state index contributed by atoms with van der Waals surface area (Å²) in [5.41, 5.74) is 0.283. The highest BCUT2D eigenvalue weighted by atomic mass is 17.2. The van der Waals surface area contributed by atoms with Gasteiger partial charge in [-0.2, -0.15) is 4.89 Å². The van der Waals surface area contributed by atoms with Gasteiger partial charge >= 0.3 is 5.97 Å². The molecule has 0 rings (SSSR count). The van der Waals surface area contributed by atoms with Crippen molar-refractivity contribution in [1.82, 2.24) is 0 Å². The van der Waals surface area contributed by atoms with Crippen LogP contribution in [0.1, 0.15) is 81.1 Å². The molecule has 0 aromatic rings. The van der Waals surface area contributed by atoms with Crippen molar-refractivity contribution in [3.05, 3.63) is 0 Å². The molecule has 0 N–H and O–H groups in total. The molecule has 120 valence electrons. The summed E-state index contributed by atoms with van der Waals surface area (Å²) in [4.78, 5) is 21.5. The van der Waals surface area contributed by atoms with E-state index in [1.807, 2.05) is 0 Å². The molecule has 0 bridgehead atoms. The molecule has 0 aliphatic carbocycles. The van der Waals surface area contributed by atoms with E-state index in [2.05, 4.69) is 55.4 Å². The molecule has 0 aliphatic rings. The molecule has 3 nitrogen and oxygen atoms in total. The smallest absolute Gasteiger partial charge is 0.298 e. The van der Waals surface area contributed by atoms with Crippen LogP contribution in [0.3, 0.4) is 0 Å². The first-order valence-corrected chi connectivity index (χ1v) is 7.78. The minimum atomic E-state index is -0.263. The quantitative estimate of drug-likeness (QED) is 0.369. The molecule has 0 aromatic carbocycles. The predicted molar refractivity (Wildman–Crippen MR) is 83.2 cm³/mol. The van der Waals surface area contributed by atoms with E-state index in [9.17, 15) is 4.79 Å². The Morgan fingerprint density at radius 1 is 0.950 bits per heavy atom. The van der Waals surface area contributed by atoms with Crippen LogP contribution in [-0.2, 0) is 14.6 Å². The fourth-order valence-corrected chi connectivity index (χ4v) is 2.58. The normalized spacial score (nSPS) is 13.4. The van der Waals surface area contributed by atoms with Gasteiger partial charge in [0.05, 0.1) is 6.61 Å². The van der Waals surface area contributed by atoms with Gasteiger partial charge in [-0.15, -0.1) is 0 Å². The van der Waals surface area contributed by atoms with Crippen molar-refractivity contribution in [1.29, 1.82) is 0 Å². The molecule has 0 saturated heterocycles. The van der Waals surface area contributed by atoms with E-state index in [1.165, 1.54) is 0 Å². The maximum Gasteiger partial charge on any atom is 0.342 e. The first-order chi connectivity index (χ1) is 8.95. The van der Waals surface area contributed by atoms with Crippen molar-refractivity contribution in [2.24, 2.45) is 16.2 Å². The van der Waals surface area contributed by atoms with Crippen molar-refractivity contribution in [2.75, 3.05) is 6.61 Å². The monoisotopic (exact) mass is 286 g/mol. The molecule has 20 heavy (non-hydrogen) atoms. The third-order valence-electron chi connectivity index (χ3n) is 4.87. The highest BCUT2D eigenvalue weighted by molar-refractivity contribution is 5.68. The van der Waals surface area contributed by atoms with Crippen molar-refractivity contribution in [3.63, 3.8) is 0 Å². The molecule has 0 saturated carbocycles. The number of rotatable bonds is 7. The zero-order valence-corrected chi connectivity index (χ0v) is 14.8. The second kappa shape index (κ2) is 7.44. The molecule has 0 aromatic heterocycles. The van der Waals surface area contributed by atoms with Crippen LogP contribution >= 0.6 is 0 Å². The SMILES string of the molecule is CCCCOOC(=O)CCC(C)(C(C)(C)C)C(C)(C)C. The highest BCUT2D eigenvalue weighted by Gasteiger charge is 2.46. The lowest BCUT2D eigenvalue weighted by molar-refractivity contribution is -0.273. The van der Waals surface area contributed by atoms with Gasteiger partial charge in [-0.1, -0.05) is 61.8 Å². The van der Waals surface area contributed by atoms with Crippen LogP contribution in [0.4, 0.5) is 0 Å². The largest absolute Gasteiger partial charge is 0.342 e. The van der Waals surface area contributed by atoms with E-state index in [0.29, 0.717) is 13.0 Å². The third-order valence-corrected chi connectivity index (χ3v) is 4.87. The predicted octanol–water partition coefficient (Wildman–Crippen LogP) is 5.14. The van der Waals surface area contributed by atoms with Crippen LogP contribution in [0.25, 0.3) is 0 Å². The Labute approximate surface area is 125 Å². The van der Waals surface area contributed by atoms with Gasteiger partial charge in [-0.05, 0) is 29.1 Å². The summed E-state index contributed by atoms with van der Waals surface area (Å²) in [5.74, 6) is -0.263. The summed E-state index contributed by atoms with van der Waals surface area (Å²) < 4.78 is 0. The van der Waals surface area contributed by atoms with Crippen molar-refractivity contribution < 1.29 is 14.6 Å². The zero-order chi connectivity index (χ0) is 16.0. The summed E-state index contributed by atoms with van der Waals surface area (Å²) in [7, 11) is 0. The van der Waals surface area contributed by atoms with Crippen molar-refractivity contribution in [2.45, 2.75) is 81.1 Å². The van der Waals surface area contributed by atoms with E-state index < -0.39 is 0 Å². The lowest BCUT2D eigenvalue weighted by Crippen LogP contribution is -2.44. The van der Waals surface area contributed by atoms with Crippen LogP contribution in [0.15, 0.2) is 0 Å². The minimum Gasteiger partial charge on any atom is -0.298 e. The van der Waals surface area contributed by atoms with E-state index >= 15 is 0 Å². The molecule has 0 fully saturated rings. The van der Waals surface area contributed by atoms with Crippen LogP contribution in [0, 0.1) is 16.2 Å². The summed E-state index contributed by atoms with van der Waals surface area (Å²) in [6, 6.07) is 0. The summed E-state index contributed by atoms with van der Waals surface area (Å²) in [5, 5.41) is 0. The van der Waals surface area contributed by atoms with Crippen molar-refractivity contribution >= 4 is 5.97 Å². The summed E-state index contributed by atoms with van der Waals surface area (Å²) in [6.45, 7) is 18.2. The topological polar surface area (TPSA) is 35.5 Å². The van der Waals surface area contributed by atoms with Crippen molar-refractivity contribution in [3.8, 4) is 0 Å². The molecule has 0 radical (unpaired) electrons.